The second kappa shape index (κ2) is 12.8. The molecule has 2 aliphatic rings. The predicted molar refractivity (Wildman–Crippen MR) is 134 cm³/mol. The Labute approximate surface area is 230 Å². The van der Waals surface area contributed by atoms with Crippen LogP contribution in [0.5, 0.6) is 0 Å². The van der Waals surface area contributed by atoms with E-state index in [9.17, 15) is 36.3 Å². The number of benzene rings is 2. The van der Waals surface area contributed by atoms with Crippen molar-refractivity contribution in [3.05, 3.63) is 70.5 Å². The normalized spacial score (nSPS) is 18.6. The number of nitrogens with one attached hydrogen (secondary N) is 1. The van der Waals surface area contributed by atoms with Crippen molar-refractivity contribution >= 4 is 30.2 Å². The molecule has 0 saturated carbocycles. The first-order chi connectivity index (χ1) is 18.8. The minimum atomic E-state index is -2.33. The fourth-order valence-corrected chi connectivity index (χ4v) is 5.01. The number of rotatable bonds is 6. The number of amides is 2. The molecule has 4 N–H and O–H groups in total. The molecule has 9 nitrogen and oxygen atoms in total. The van der Waals surface area contributed by atoms with Gasteiger partial charge in [0.15, 0.2) is 35.5 Å². The van der Waals surface area contributed by atoms with Crippen molar-refractivity contribution in [2.24, 2.45) is 11.7 Å². The van der Waals surface area contributed by atoms with Gasteiger partial charge in [-0.15, -0.1) is 0 Å². The lowest BCUT2D eigenvalue weighted by Gasteiger charge is -2.43. The molecule has 2 aromatic carbocycles. The molecule has 218 valence electrons. The van der Waals surface area contributed by atoms with Gasteiger partial charge in [0.1, 0.15) is 5.56 Å². The van der Waals surface area contributed by atoms with Gasteiger partial charge in [-0.2, -0.15) is 0 Å². The monoisotopic (exact) mass is 590 g/mol. The maximum absolute atomic E-state index is 13.1. The van der Waals surface area contributed by atoms with Gasteiger partial charge in [-0.3, -0.25) is 14.9 Å². The molecule has 1 unspecified atom stereocenters. The molecule has 0 bridgehead atoms. The molecule has 2 heterocycles. The largest absolute Gasteiger partial charge is 0.519 e. The summed E-state index contributed by atoms with van der Waals surface area (Å²) in [6.45, 7) is 5.99. The number of piperidine rings is 1. The van der Waals surface area contributed by atoms with Gasteiger partial charge in [0.25, 0.3) is 5.91 Å². The third kappa shape index (κ3) is 6.64. The second-order valence-corrected chi connectivity index (χ2v) is 10.3. The minimum Gasteiger partial charge on any atom is -0.449 e. The van der Waals surface area contributed by atoms with Crippen molar-refractivity contribution in [2.75, 3.05) is 13.1 Å². The van der Waals surface area contributed by atoms with E-state index in [0.717, 1.165) is 30.6 Å². The van der Waals surface area contributed by atoms with Gasteiger partial charge in [-0.25, -0.2) is 31.1 Å². The Bertz CT molecular complexity index is 1230. The lowest BCUT2D eigenvalue weighted by atomic mass is 9.96. The summed E-state index contributed by atoms with van der Waals surface area (Å²) in [6.07, 6.45) is 0.158. The molecule has 1 spiro atoms. The topological polar surface area (TPSA) is 125 Å². The minimum absolute atomic E-state index is 0.145. The highest BCUT2D eigenvalue weighted by atomic mass is 32.2. The van der Waals surface area contributed by atoms with Crippen LogP contribution in [-0.4, -0.2) is 57.1 Å². The van der Waals surface area contributed by atoms with Crippen LogP contribution < -0.4 is 11.1 Å². The Morgan fingerprint density at radius 3 is 2.05 bits per heavy atom. The molecule has 15 heteroatoms. The van der Waals surface area contributed by atoms with E-state index in [1.165, 1.54) is 0 Å². The van der Waals surface area contributed by atoms with E-state index in [-0.39, 0.29) is 23.5 Å². The van der Waals surface area contributed by atoms with Crippen molar-refractivity contribution in [3.8, 4) is 0 Å². The Kier molecular flexibility index (Phi) is 9.97. The fraction of sp³-hybridized carbons (Fsp3) is 0.400. The van der Waals surface area contributed by atoms with Gasteiger partial charge in [0.2, 0.25) is 11.7 Å². The maximum atomic E-state index is 13.1. The van der Waals surface area contributed by atoms with E-state index in [2.05, 4.69) is 29.1 Å². The van der Waals surface area contributed by atoms with Crippen molar-refractivity contribution < 1.29 is 45.6 Å². The standard InChI is InChI=1S/C18H25N3O4S.C7H2F5NO/c1-13(2)15-16(22)21(12-14-6-4-3-5-7-14)18(19-15)8-10-20(11-9-18)26-25-17(23)24;8-2-1(7(13)14)3(9)5(11)6(12)4(2)10/h3-7,13,15,19H,8-12H2,1-2H3,(H,23,24);(H2,13,14). The molecular weight excluding hydrogens is 563 g/mol. The molecule has 0 aromatic heterocycles. The summed E-state index contributed by atoms with van der Waals surface area (Å²) >= 11 is 0.863. The molecule has 1 atom stereocenters. The van der Waals surface area contributed by atoms with Gasteiger partial charge in [0, 0.05) is 19.6 Å². The molecule has 0 aliphatic carbocycles. The highest BCUT2D eigenvalue weighted by Gasteiger charge is 2.52. The van der Waals surface area contributed by atoms with Crippen LogP contribution in [0.4, 0.5) is 26.7 Å². The molecule has 2 amide bonds. The maximum Gasteiger partial charge on any atom is 0.519 e. The van der Waals surface area contributed by atoms with Crippen molar-refractivity contribution in [1.29, 1.82) is 0 Å². The third-order valence-corrected chi connectivity index (χ3v) is 7.34. The molecule has 0 radical (unpaired) electrons. The molecule has 40 heavy (non-hydrogen) atoms. The van der Waals surface area contributed by atoms with Crippen LogP contribution in [-0.2, 0) is 15.5 Å². The van der Waals surface area contributed by atoms with Crippen LogP contribution in [0, 0.1) is 35.0 Å². The average Bonchev–Trinajstić information content (AvgIpc) is 3.18. The van der Waals surface area contributed by atoms with E-state index in [1.54, 1.807) is 0 Å². The zero-order chi connectivity index (χ0) is 29.8. The summed E-state index contributed by atoms with van der Waals surface area (Å²) in [5.74, 6) is -12.5. The fourth-order valence-electron chi connectivity index (χ4n) is 4.51. The lowest BCUT2D eigenvalue weighted by molar-refractivity contribution is -0.134. The molecule has 2 saturated heterocycles. The van der Waals surface area contributed by atoms with Crippen molar-refractivity contribution in [1.82, 2.24) is 14.5 Å². The van der Waals surface area contributed by atoms with Gasteiger partial charge in [-0.05, 0) is 24.3 Å². The Hall–Kier alpha value is -3.43. The van der Waals surface area contributed by atoms with E-state index in [4.69, 9.17) is 5.11 Å². The molecule has 2 fully saturated rings. The molecule has 4 rings (SSSR count). The van der Waals surface area contributed by atoms with Crippen LogP contribution in [0.15, 0.2) is 30.3 Å². The first-order valence-corrected chi connectivity index (χ1v) is 12.8. The Morgan fingerprint density at radius 2 is 1.57 bits per heavy atom. The SMILES string of the molecule is CC(C)C1NC2(CCN(SOC(=O)O)CC2)N(Cc2ccccc2)C1=O.NC(=O)c1c(F)c(F)c(F)c(F)c1F. The highest BCUT2D eigenvalue weighted by molar-refractivity contribution is 7.92. The average molecular weight is 591 g/mol. The number of hydrogen-bond acceptors (Lipinski definition) is 7. The number of primary amides is 1. The Balaban J connectivity index is 0.000000267. The van der Waals surface area contributed by atoms with Crippen molar-refractivity contribution in [2.45, 2.75) is 44.9 Å². The van der Waals surface area contributed by atoms with E-state index in [0.29, 0.717) is 19.6 Å². The zero-order valence-electron chi connectivity index (χ0n) is 21.4. The summed E-state index contributed by atoms with van der Waals surface area (Å²) in [7, 11) is 0. The second-order valence-electron chi connectivity index (χ2n) is 9.47. The van der Waals surface area contributed by atoms with Crippen LogP contribution in [0.2, 0.25) is 0 Å². The number of nitrogens with zero attached hydrogens (tertiary/aromatic N) is 2. The van der Waals surface area contributed by atoms with Crippen LogP contribution in [0.3, 0.4) is 0 Å². The smallest absolute Gasteiger partial charge is 0.449 e. The van der Waals surface area contributed by atoms with Crippen LogP contribution in [0.25, 0.3) is 0 Å². The molecule has 2 aliphatic heterocycles. The van der Waals surface area contributed by atoms with Gasteiger partial charge < -0.3 is 19.9 Å². The summed E-state index contributed by atoms with van der Waals surface area (Å²) in [5.41, 5.74) is 3.51. The lowest BCUT2D eigenvalue weighted by Crippen LogP contribution is -2.58. The number of carbonyl (C=O) groups excluding carboxylic acids is 2. The Morgan fingerprint density at radius 1 is 1.05 bits per heavy atom. The summed E-state index contributed by atoms with van der Waals surface area (Å²) in [4.78, 5) is 36.0. The third-order valence-electron chi connectivity index (χ3n) is 6.54. The summed E-state index contributed by atoms with van der Waals surface area (Å²) < 4.78 is 68.9. The number of carboxylic acid groups (broad SMARTS) is 1. The number of carbonyl (C=O) groups is 3. The zero-order valence-corrected chi connectivity index (χ0v) is 22.2. The molecule has 2 aromatic rings. The quantitative estimate of drug-likeness (QED) is 0.151. The number of nitrogens with two attached hydrogens (primary N) is 1. The number of halogens is 5. The van der Waals surface area contributed by atoms with Crippen LogP contribution >= 0.6 is 12.2 Å². The van der Waals surface area contributed by atoms with Crippen molar-refractivity contribution in [3.63, 3.8) is 0 Å². The van der Waals surface area contributed by atoms with E-state index < -0.39 is 46.7 Å². The predicted octanol–water partition coefficient (Wildman–Crippen LogP) is 4.17. The number of hydrogen-bond donors (Lipinski definition) is 3. The van der Waals surface area contributed by atoms with Gasteiger partial charge >= 0.3 is 6.16 Å². The summed E-state index contributed by atoms with van der Waals surface area (Å²) in [6, 6.07) is 9.83. The van der Waals surface area contributed by atoms with Crippen LogP contribution in [0.1, 0.15) is 42.6 Å². The highest BCUT2D eigenvalue weighted by Crippen LogP contribution is 2.37. The first-order valence-electron chi connectivity index (χ1n) is 12.1. The van der Waals surface area contributed by atoms with E-state index in [1.807, 2.05) is 39.5 Å². The first kappa shape index (κ1) is 31.1. The molecular formula is C25H27F5N4O5S. The van der Waals surface area contributed by atoms with E-state index >= 15 is 0 Å². The van der Waals surface area contributed by atoms with Gasteiger partial charge in [0.05, 0.1) is 11.7 Å². The summed E-state index contributed by atoms with van der Waals surface area (Å²) in [5, 5.41) is 12.2. The van der Waals surface area contributed by atoms with Gasteiger partial charge in [-0.1, -0.05) is 44.2 Å².